The molecule has 0 radical (unpaired) electrons. The normalized spacial score (nSPS) is 11.6. The van der Waals surface area contributed by atoms with Gasteiger partial charge in [0, 0.05) is 18.2 Å². The van der Waals surface area contributed by atoms with E-state index in [2.05, 4.69) is 6.58 Å². The number of carbonyl (C=O) groups excluding carboxylic acids is 1. The highest BCUT2D eigenvalue weighted by atomic mass is 16.6. The van der Waals surface area contributed by atoms with Gasteiger partial charge in [-0.3, -0.25) is 10.1 Å². The van der Waals surface area contributed by atoms with Crippen molar-refractivity contribution in [2.75, 3.05) is 13.7 Å². The molecule has 0 aliphatic heterocycles. The number of nitrogens with zero attached hydrogens (tertiary/aromatic N) is 1. The topological polar surface area (TPSA) is 87.9 Å². The van der Waals surface area contributed by atoms with Crippen LogP contribution < -0.4 is 9.47 Å². The number of methoxy groups -OCH3 is 1. The van der Waals surface area contributed by atoms with E-state index in [0.717, 1.165) is 5.56 Å². The van der Waals surface area contributed by atoms with Crippen molar-refractivity contribution in [1.82, 2.24) is 0 Å². The second-order valence-corrected chi connectivity index (χ2v) is 5.77. The molecule has 7 heteroatoms. The Morgan fingerprint density at radius 2 is 2.04 bits per heavy atom. The number of hydrogen-bond donors (Lipinski definition) is 0. The van der Waals surface area contributed by atoms with Gasteiger partial charge in [-0.25, -0.2) is 4.79 Å². The van der Waals surface area contributed by atoms with Crippen molar-refractivity contribution in [2.45, 2.75) is 13.0 Å². The van der Waals surface area contributed by atoms with E-state index in [1.165, 1.54) is 25.3 Å². The zero-order valence-corrected chi connectivity index (χ0v) is 15.7. The minimum atomic E-state index is -0.624. The van der Waals surface area contributed by atoms with E-state index in [0.29, 0.717) is 23.7 Å². The summed E-state index contributed by atoms with van der Waals surface area (Å²) >= 11 is 0. The SMILES string of the molecule is C=CCOc1ccc(/C=C/C(=O)O[C@H](C)c2cccc([N+](=O)[O-])c2)cc1OC. The first kappa shape index (κ1) is 20.7. The highest BCUT2D eigenvalue weighted by Gasteiger charge is 2.13. The Labute approximate surface area is 163 Å². The molecule has 28 heavy (non-hydrogen) atoms. The molecule has 0 fully saturated rings. The van der Waals surface area contributed by atoms with Gasteiger partial charge in [-0.1, -0.05) is 30.9 Å². The van der Waals surface area contributed by atoms with Crippen LogP contribution >= 0.6 is 0 Å². The Balaban J connectivity index is 2.04. The summed E-state index contributed by atoms with van der Waals surface area (Å²) in [4.78, 5) is 22.4. The first-order valence-electron chi connectivity index (χ1n) is 8.49. The zero-order valence-electron chi connectivity index (χ0n) is 15.7. The number of esters is 1. The van der Waals surface area contributed by atoms with Crippen LogP contribution in [-0.2, 0) is 9.53 Å². The number of carbonyl (C=O) groups is 1. The molecule has 2 aromatic carbocycles. The lowest BCUT2D eigenvalue weighted by atomic mass is 10.1. The molecule has 0 bridgehead atoms. The van der Waals surface area contributed by atoms with Gasteiger partial charge < -0.3 is 14.2 Å². The summed E-state index contributed by atoms with van der Waals surface area (Å²) < 4.78 is 16.1. The van der Waals surface area contributed by atoms with Crippen LogP contribution in [0.15, 0.2) is 61.2 Å². The van der Waals surface area contributed by atoms with Gasteiger partial charge in [0.1, 0.15) is 12.7 Å². The molecule has 0 saturated heterocycles. The molecule has 0 spiro atoms. The Bertz CT molecular complexity index is 890. The van der Waals surface area contributed by atoms with Crippen LogP contribution in [0.5, 0.6) is 11.5 Å². The van der Waals surface area contributed by atoms with Gasteiger partial charge in [-0.15, -0.1) is 0 Å². The lowest BCUT2D eigenvalue weighted by Gasteiger charge is -2.12. The number of hydrogen-bond acceptors (Lipinski definition) is 6. The maximum absolute atomic E-state index is 12.1. The van der Waals surface area contributed by atoms with E-state index < -0.39 is 17.0 Å². The lowest BCUT2D eigenvalue weighted by Crippen LogP contribution is -2.06. The van der Waals surface area contributed by atoms with Crippen LogP contribution in [0.25, 0.3) is 6.08 Å². The molecule has 7 nitrogen and oxygen atoms in total. The molecule has 2 rings (SSSR count). The van der Waals surface area contributed by atoms with Gasteiger partial charge in [0.15, 0.2) is 11.5 Å². The minimum Gasteiger partial charge on any atom is -0.493 e. The van der Waals surface area contributed by atoms with Crippen LogP contribution in [-0.4, -0.2) is 24.6 Å². The molecule has 0 unspecified atom stereocenters. The third-order valence-electron chi connectivity index (χ3n) is 3.80. The third kappa shape index (κ3) is 5.70. The summed E-state index contributed by atoms with van der Waals surface area (Å²) in [6, 6.07) is 11.2. The first-order chi connectivity index (χ1) is 13.4. The van der Waals surface area contributed by atoms with Crippen molar-refractivity contribution in [3.05, 3.63) is 82.4 Å². The average molecular weight is 383 g/mol. The number of benzene rings is 2. The number of nitro benzene ring substituents is 1. The second-order valence-electron chi connectivity index (χ2n) is 5.77. The number of rotatable bonds is 9. The Kier molecular flexibility index (Phi) is 7.33. The van der Waals surface area contributed by atoms with E-state index in [4.69, 9.17) is 14.2 Å². The fourth-order valence-corrected chi connectivity index (χ4v) is 2.39. The van der Waals surface area contributed by atoms with Crippen LogP contribution in [0.2, 0.25) is 0 Å². The summed E-state index contributed by atoms with van der Waals surface area (Å²) in [6.07, 6.45) is 3.88. The number of nitro groups is 1. The molecule has 0 aromatic heterocycles. The standard InChI is InChI=1S/C21H21NO6/c1-4-12-27-19-10-8-16(13-20(19)26-3)9-11-21(23)28-15(2)17-6-5-7-18(14-17)22(24)25/h4-11,13-15H,1,12H2,2-3H3/b11-9+/t15-/m1/s1. The van der Waals surface area contributed by atoms with Crippen molar-refractivity contribution in [2.24, 2.45) is 0 Å². The van der Waals surface area contributed by atoms with Gasteiger partial charge in [-0.2, -0.15) is 0 Å². The lowest BCUT2D eigenvalue weighted by molar-refractivity contribution is -0.385. The zero-order chi connectivity index (χ0) is 20.5. The van der Waals surface area contributed by atoms with E-state index in [1.807, 2.05) is 0 Å². The Hall–Kier alpha value is -3.61. The quantitative estimate of drug-likeness (QED) is 0.208. The van der Waals surface area contributed by atoms with Gasteiger partial charge in [0.05, 0.1) is 12.0 Å². The summed E-state index contributed by atoms with van der Waals surface area (Å²) in [5, 5.41) is 10.9. The van der Waals surface area contributed by atoms with Crippen LogP contribution in [0, 0.1) is 10.1 Å². The molecule has 146 valence electrons. The van der Waals surface area contributed by atoms with Gasteiger partial charge >= 0.3 is 5.97 Å². The highest BCUT2D eigenvalue weighted by molar-refractivity contribution is 5.87. The monoisotopic (exact) mass is 383 g/mol. The van der Waals surface area contributed by atoms with E-state index in [1.54, 1.807) is 49.4 Å². The Morgan fingerprint density at radius 1 is 1.25 bits per heavy atom. The first-order valence-corrected chi connectivity index (χ1v) is 8.49. The van der Waals surface area contributed by atoms with Crippen molar-refractivity contribution in [1.29, 1.82) is 0 Å². The van der Waals surface area contributed by atoms with Crippen molar-refractivity contribution in [3.63, 3.8) is 0 Å². The van der Waals surface area contributed by atoms with Gasteiger partial charge in [0.25, 0.3) is 5.69 Å². The molecule has 0 saturated carbocycles. The van der Waals surface area contributed by atoms with Crippen LogP contribution in [0.4, 0.5) is 5.69 Å². The molecule has 0 heterocycles. The molecule has 0 amide bonds. The summed E-state index contributed by atoms with van der Waals surface area (Å²) in [6.45, 7) is 5.60. The summed E-state index contributed by atoms with van der Waals surface area (Å²) in [5.74, 6) is 0.536. The van der Waals surface area contributed by atoms with Gasteiger partial charge in [0.2, 0.25) is 0 Å². The minimum absolute atomic E-state index is 0.0539. The Morgan fingerprint density at radius 3 is 2.71 bits per heavy atom. The second kappa shape index (κ2) is 9.91. The molecule has 0 N–H and O–H groups in total. The number of non-ortho nitro benzene ring substituents is 1. The largest absolute Gasteiger partial charge is 0.493 e. The van der Waals surface area contributed by atoms with Crippen LogP contribution in [0.3, 0.4) is 0 Å². The maximum atomic E-state index is 12.1. The van der Waals surface area contributed by atoms with Crippen molar-refractivity contribution >= 4 is 17.7 Å². The molecular weight excluding hydrogens is 362 g/mol. The fourth-order valence-electron chi connectivity index (χ4n) is 2.39. The summed E-state index contributed by atoms with van der Waals surface area (Å²) in [7, 11) is 1.53. The summed E-state index contributed by atoms with van der Waals surface area (Å²) in [5.41, 5.74) is 1.21. The molecule has 2 aromatic rings. The predicted octanol–water partition coefficient (Wildman–Crippen LogP) is 4.49. The van der Waals surface area contributed by atoms with E-state index in [9.17, 15) is 14.9 Å². The van der Waals surface area contributed by atoms with E-state index in [-0.39, 0.29) is 5.69 Å². The maximum Gasteiger partial charge on any atom is 0.331 e. The van der Waals surface area contributed by atoms with Crippen molar-refractivity contribution < 1.29 is 23.9 Å². The number of ether oxygens (including phenoxy) is 3. The molecular formula is C21H21NO6. The van der Waals surface area contributed by atoms with Crippen molar-refractivity contribution in [3.8, 4) is 11.5 Å². The predicted molar refractivity (Wildman–Crippen MR) is 105 cm³/mol. The highest BCUT2D eigenvalue weighted by Crippen LogP contribution is 2.28. The smallest absolute Gasteiger partial charge is 0.331 e. The third-order valence-corrected chi connectivity index (χ3v) is 3.80. The van der Waals surface area contributed by atoms with E-state index >= 15 is 0 Å². The average Bonchev–Trinajstić information content (AvgIpc) is 2.70. The fraction of sp³-hybridized carbons (Fsp3) is 0.190. The molecule has 1 atom stereocenters. The molecule has 0 aliphatic carbocycles. The van der Waals surface area contributed by atoms with Crippen LogP contribution in [0.1, 0.15) is 24.2 Å². The van der Waals surface area contributed by atoms with Gasteiger partial charge in [-0.05, 0) is 36.3 Å². The molecule has 0 aliphatic rings.